The number of amides is 2. The van der Waals surface area contributed by atoms with Crippen LogP contribution in [0, 0.1) is 0 Å². The zero-order chi connectivity index (χ0) is 19.9. The van der Waals surface area contributed by atoms with Crippen molar-refractivity contribution in [3.8, 4) is 11.5 Å². The Labute approximate surface area is 166 Å². The second-order valence-corrected chi connectivity index (χ2v) is 6.88. The van der Waals surface area contributed by atoms with Crippen molar-refractivity contribution in [1.29, 1.82) is 0 Å². The maximum absolute atomic E-state index is 12.3. The Morgan fingerprint density at radius 2 is 1.96 bits per heavy atom. The third-order valence-corrected chi connectivity index (χ3v) is 4.94. The van der Waals surface area contributed by atoms with Crippen molar-refractivity contribution < 1.29 is 14.3 Å². The van der Waals surface area contributed by atoms with Crippen LogP contribution in [0.15, 0.2) is 36.5 Å². The maximum atomic E-state index is 12.3. The first-order valence-electron chi connectivity index (χ1n) is 9.57. The second-order valence-electron chi connectivity index (χ2n) is 6.88. The van der Waals surface area contributed by atoms with Crippen LogP contribution in [0.1, 0.15) is 36.9 Å². The van der Waals surface area contributed by atoms with E-state index in [4.69, 9.17) is 9.47 Å². The molecule has 0 bridgehead atoms. The zero-order valence-electron chi connectivity index (χ0n) is 16.7. The minimum Gasteiger partial charge on any atom is -0.497 e. The second kappa shape index (κ2) is 9.30. The van der Waals surface area contributed by atoms with E-state index in [9.17, 15) is 4.79 Å². The number of nitrogens with one attached hydrogen (secondary N) is 2. The molecule has 1 aliphatic heterocycles. The Bertz CT molecular complexity index is 789. The normalized spacial score (nSPS) is 14.5. The van der Waals surface area contributed by atoms with E-state index in [-0.39, 0.29) is 12.1 Å². The Morgan fingerprint density at radius 3 is 2.61 bits per heavy atom. The van der Waals surface area contributed by atoms with Crippen LogP contribution >= 0.6 is 0 Å². The van der Waals surface area contributed by atoms with Crippen molar-refractivity contribution in [1.82, 2.24) is 15.6 Å². The van der Waals surface area contributed by atoms with E-state index in [1.165, 1.54) is 12.8 Å². The van der Waals surface area contributed by atoms with Gasteiger partial charge in [0.1, 0.15) is 17.3 Å². The SMILES string of the molecule is COc1ccc(OC)c(C(C)NC(=O)NCc2ccc(N3CCCC3)nc2)c1. The van der Waals surface area contributed by atoms with Gasteiger partial charge >= 0.3 is 6.03 Å². The summed E-state index contributed by atoms with van der Waals surface area (Å²) >= 11 is 0. The molecule has 0 saturated carbocycles. The maximum Gasteiger partial charge on any atom is 0.315 e. The smallest absolute Gasteiger partial charge is 0.315 e. The summed E-state index contributed by atoms with van der Waals surface area (Å²) in [4.78, 5) is 19.1. The summed E-state index contributed by atoms with van der Waals surface area (Å²) in [5.74, 6) is 2.42. The quantitative estimate of drug-likeness (QED) is 0.766. The molecule has 1 saturated heterocycles. The highest BCUT2D eigenvalue weighted by Crippen LogP contribution is 2.29. The Balaban J connectivity index is 1.54. The van der Waals surface area contributed by atoms with E-state index in [1.807, 2.05) is 43.5 Å². The predicted molar refractivity (Wildman–Crippen MR) is 109 cm³/mol. The molecule has 2 N–H and O–H groups in total. The molecular formula is C21H28N4O3. The fourth-order valence-electron chi connectivity index (χ4n) is 3.34. The molecule has 2 aromatic rings. The van der Waals surface area contributed by atoms with Gasteiger partial charge in [0.15, 0.2) is 0 Å². The summed E-state index contributed by atoms with van der Waals surface area (Å²) in [7, 11) is 3.22. The minimum absolute atomic E-state index is 0.235. The molecule has 2 heterocycles. The number of aromatic nitrogens is 1. The number of methoxy groups -OCH3 is 2. The highest BCUT2D eigenvalue weighted by Gasteiger charge is 2.16. The van der Waals surface area contributed by atoms with Crippen LogP contribution in [0.2, 0.25) is 0 Å². The van der Waals surface area contributed by atoms with Gasteiger partial charge in [-0.1, -0.05) is 6.07 Å². The van der Waals surface area contributed by atoms with Gasteiger partial charge in [-0.2, -0.15) is 0 Å². The van der Waals surface area contributed by atoms with Crippen LogP contribution < -0.4 is 25.0 Å². The van der Waals surface area contributed by atoms with Gasteiger partial charge in [0.25, 0.3) is 0 Å². The Hall–Kier alpha value is -2.96. The molecule has 28 heavy (non-hydrogen) atoms. The van der Waals surface area contributed by atoms with Gasteiger partial charge in [0.05, 0.1) is 20.3 Å². The molecule has 0 spiro atoms. The Kier molecular flexibility index (Phi) is 6.57. The summed E-state index contributed by atoms with van der Waals surface area (Å²) in [6, 6.07) is 9.07. The molecule has 1 aromatic carbocycles. The zero-order valence-corrected chi connectivity index (χ0v) is 16.7. The first kappa shape index (κ1) is 19.8. The van der Waals surface area contributed by atoms with E-state index in [2.05, 4.69) is 20.5 Å². The number of anilines is 1. The molecule has 3 rings (SSSR count). The molecule has 0 radical (unpaired) electrons. The molecule has 1 fully saturated rings. The van der Waals surface area contributed by atoms with Crippen LogP contribution in [0.3, 0.4) is 0 Å². The Morgan fingerprint density at radius 1 is 1.18 bits per heavy atom. The average molecular weight is 384 g/mol. The fraction of sp³-hybridized carbons (Fsp3) is 0.429. The lowest BCUT2D eigenvalue weighted by atomic mass is 10.1. The van der Waals surface area contributed by atoms with E-state index < -0.39 is 0 Å². The molecule has 7 nitrogen and oxygen atoms in total. The molecule has 150 valence electrons. The van der Waals surface area contributed by atoms with Crippen LogP contribution in [0.4, 0.5) is 10.6 Å². The first-order chi connectivity index (χ1) is 13.6. The number of urea groups is 1. The number of ether oxygens (including phenoxy) is 2. The van der Waals surface area contributed by atoms with Crippen molar-refractivity contribution in [3.63, 3.8) is 0 Å². The molecule has 1 aliphatic rings. The summed E-state index contributed by atoms with van der Waals surface area (Å²) in [6.45, 7) is 4.46. The van der Waals surface area contributed by atoms with Gasteiger partial charge in [-0.3, -0.25) is 0 Å². The number of hydrogen-bond donors (Lipinski definition) is 2. The lowest BCUT2D eigenvalue weighted by molar-refractivity contribution is 0.237. The standard InChI is InChI=1S/C21H28N4O3/c1-15(18-12-17(27-2)7-8-19(18)28-3)24-21(26)23-14-16-6-9-20(22-13-16)25-10-4-5-11-25/h6-9,12-13,15H,4-5,10-11,14H2,1-3H3,(H2,23,24,26). The van der Waals surface area contributed by atoms with Crippen molar-refractivity contribution >= 4 is 11.8 Å². The third-order valence-electron chi connectivity index (χ3n) is 4.94. The third kappa shape index (κ3) is 4.85. The van der Waals surface area contributed by atoms with Gasteiger partial charge < -0.3 is 25.0 Å². The number of benzene rings is 1. The van der Waals surface area contributed by atoms with Gasteiger partial charge in [-0.25, -0.2) is 9.78 Å². The van der Waals surface area contributed by atoms with Gasteiger partial charge in [-0.15, -0.1) is 0 Å². The molecule has 1 aromatic heterocycles. The summed E-state index contributed by atoms with van der Waals surface area (Å²) in [6.07, 6.45) is 4.27. The number of carbonyl (C=O) groups is 1. The summed E-state index contributed by atoms with van der Waals surface area (Å²) < 4.78 is 10.7. The average Bonchev–Trinajstić information content (AvgIpc) is 3.27. The lowest BCUT2D eigenvalue weighted by Crippen LogP contribution is -2.36. The highest BCUT2D eigenvalue weighted by molar-refractivity contribution is 5.74. The van der Waals surface area contributed by atoms with Crippen LogP contribution in [-0.4, -0.2) is 38.3 Å². The van der Waals surface area contributed by atoms with Crippen LogP contribution in [0.5, 0.6) is 11.5 Å². The van der Waals surface area contributed by atoms with E-state index >= 15 is 0 Å². The van der Waals surface area contributed by atoms with Crippen molar-refractivity contribution in [2.45, 2.75) is 32.4 Å². The molecule has 0 aliphatic carbocycles. The molecule has 1 unspecified atom stereocenters. The van der Waals surface area contributed by atoms with E-state index in [0.29, 0.717) is 18.0 Å². The van der Waals surface area contributed by atoms with Crippen molar-refractivity contribution in [2.24, 2.45) is 0 Å². The number of rotatable bonds is 7. The van der Waals surface area contributed by atoms with Crippen molar-refractivity contribution in [3.05, 3.63) is 47.7 Å². The number of hydrogen-bond acceptors (Lipinski definition) is 5. The van der Waals surface area contributed by atoms with Crippen LogP contribution in [-0.2, 0) is 6.54 Å². The monoisotopic (exact) mass is 384 g/mol. The molecule has 1 atom stereocenters. The van der Waals surface area contributed by atoms with Crippen LogP contribution in [0.25, 0.3) is 0 Å². The molecule has 2 amide bonds. The van der Waals surface area contributed by atoms with Crippen molar-refractivity contribution in [2.75, 3.05) is 32.2 Å². The number of pyridine rings is 1. The van der Waals surface area contributed by atoms with Gasteiger partial charge in [0.2, 0.25) is 0 Å². The molecular weight excluding hydrogens is 356 g/mol. The fourth-order valence-corrected chi connectivity index (χ4v) is 3.34. The van der Waals surface area contributed by atoms with E-state index in [1.54, 1.807) is 14.2 Å². The topological polar surface area (TPSA) is 75.7 Å². The summed E-state index contributed by atoms with van der Waals surface area (Å²) in [5.41, 5.74) is 1.82. The largest absolute Gasteiger partial charge is 0.497 e. The summed E-state index contributed by atoms with van der Waals surface area (Å²) in [5, 5.41) is 5.81. The van der Waals surface area contributed by atoms with E-state index in [0.717, 1.165) is 30.0 Å². The van der Waals surface area contributed by atoms with Gasteiger partial charge in [0, 0.05) is 31.4 Å². The van der Waals surface area contributed by atoms with Gasteiger partial charge in [-0.05, 0) is 49.6 Å². The number of carbonyl (C=O) groups excluding carboxylic acids is 1. The lowest BCUT2D eigenvalue weighted by Gasteiger charge is -2.19. The molecule has 7 heteroatoms. The first-order valence-corrected chi connectivity index (χ1v) is 9.57. The predicted octanol–water partition coefficient (Wildman–Crippen LogP) is 3.26. The number of nitrogens with zero attached hydrogens (tertiary/aromatic N) is 2. The highest BCUT2D eigenvalue weighted by atomic mass is 16.5. The minimum atomic E-state index is -0.249.